The number of amides is 1. The maximum atomic E-state index is 11.8. The molecule has 1 amide bonds. The fourth-order valence-corrected chi connectivity index (χ4v) is 4.47. The summed E-state index contributed by atoms with van der Waals surface area (Å²) in [5.41, 5.74) is 3.25. The van der Waals surface area contributed by atoms with E-state index in [1.54, 1.807) is 19.2 Å². The third kappa shape index (κ3) is 3.98. The number of carbonyl (C=O) groups is 1. The Labute approximate surface area is 196 Å². The minimum absolute atomic E-state index is 0.0491. The molecular weight excluding hydrogens is 440 g/mol. The van der Waals surface area contributed by atoms with Crippen LogP contribution < -0.4 is 10.2 Å². The lowest BCUT2D eigenvalue weighted by Gasteiger charge is -2.23. The van der Waals surface area contributed by atoms with E-state index in [-0.39, 0.29) is 11.9 Å². The average molecular weight is 463 g/mol. The van der Waals surface area contributed by atoms with Crippen molar-refractivity contribution in [2.75, 3.05) is 18.5 Å². The number of nitrogens with one attached hydrogen (secondary N) is 1. The highest BCUT2D eigenvalue weighted by molar-refractivity contribution is 6.30. The monoisotopic (exact) mass is 462 g/mol. The van der Waals surface area contributed by atoms with Crippen molar-refractivity contribution in [1.29, 1.82) is 0 Å². The molecule has 1 aliphatic rings. The highest BCUT2D eigenvalue weighted by Gasteiger charge is 2.32. The molecule has 5 rings (SSSR count). The molecule has 4 aromatic rings. The molecule has 8 nitrogen and oxygen atoms in total. The van der Waals surface area contributed by atoms with Crippen LogP contribution in [0.5, 0.6) is 0 Å². The van der Waals surface area contributed by atoms with Gasteiger partial charge in [-0.3, -0.25) is 9.36 Å². The van der Waals surface area contributed by atoms with E-state index in [1.807, 2.05) is 54.1 Å². The number of nitrogens with zero attached hydrogens (tertiary/aromatic N) is 5. The molecule has 3 heterocycles. The van der Waals surface area contributed by atoms with Crippen molar-refractivity contribution < 1.29 is 9.32 Å². The molecule has 0 aliphatic carbocycles. The van der Waals surface area contributed by atoms with E-state index in [1.165, 1.54) is 0 Å². The minimum Gasteiger partial charge on any atom is -0.356 e. The van der Waals surface area contributed by atoms with Crippen LogP contribution in [0.1, 0.15) is 34.9 Å². The van der Waals surface area contributed by atoms with E-state index < -0.39 is 0 Å². The lowest BCUT2D eigenvalue weighted by molar-refractivity contribution is 0.0963. The maximum Gasteiger partial charge on any atom is 0.251 e. The third-order valence-corrected chi connectivity index (χ3v) is 6.21. The summed E-state index contributed by atoms with van der Waals surface area (Å²) in [7, 11) is 3.57. The second kappa shape index (κ2) is 8.71. The van der Waals surface area contributed by atoms with Crippen LogP contribution in [-0.2, 0) is 7.05 Å². The van der Waals surface area contributed by atoms with Crippen molar-refractivity contribution >= 4 is 23.5 Å². The summed E-state index contributed by atoms with van der Waals surface area (Å²) in [6.45, 7) is 0.853. The van der Waals surface area contributed by atoms with Crippen LogP contribution in [0.25, 0.3) is 22.7 Å². The largest absolute Gasteiger partial charge is 0.356 e. The molecule has 1 atom stereocenters. The standard InChI is InChI=1S/C24H23ClN6O2/c1-26-23(32)16-10-8-15(9-11-16)22-27-28-24(30(22)2)31-12-4-7-20(31)19-14-21(33-29-19)17-5-3-6-18(25)13-17/h3,5-6,8-11,13-14,20H,4,7,12H2,1-2H3,(H,26,32)/t20-/m1/s1. The molecule has 9 heteroatoms. The Bertz CT molecular complexity index is 1300. The van der Waals surface area contributed by atoms with Gasteiger partial charge in [-0.05, 0) is 37.1 Å². The van der Waals surface area contributed by atoms with Gasteiger partial charge in [-0.2, -0.15) is 0 Å². The average Bonchev–Trinajstić information content (AvgIpc) is 3.58. The molecule has 0 radical (unpaired) electrons. The van der Waals surface area contributed by atoms with E-state index in [0.29, 0.717) is 16.3 Å². The zero-order valence-electron chi connectivity index (χ0n) is 18.3. The maximum absolute atomic E-state index is 11.8. The summed E-state index contributed by atoms with van der Waals surface area (Å²) in [5, 5.41) is 16.6. The molecule has 1 saturated heterocycles. The molecule has 1 aliphatic heterocycles. The molecule has 168 valence electrons. The molecule has 0 saturated carbocycles. The van der Waals surface area contributed by atoms with Crippen LogP contribution in [0.3, 0.4) is 0 Å². The number of aromatic nitrogens is 4. The molecule has 1 N–H and O–H groups in total. The van der Waals surface area contributed by atoms with E-state index in [0.717, 1.165) is 48.0 Å². The van der Waals surface area contributed by atoms with Crippen molar-refractivity contribution in [2.24, 2.45) is 7.05 Å². The van der Waals surface area contributed by atoms with Crippen LogP contribution in [0.4, 0.5) is 5.95 Å². The first-order valence-corrected chi connectivity index (χ1v) is 11.1. The number of rotatable bonds is 5. The summed E-state index contributed by atoms with van der Waals surface area (Å²) in [6.07, 6.45) is 1.97. The Morgan fingerprint density at radius 3 is 2.70 bits per heavy atom. The van der Waals surface area contributed by atoms with Crippen LogP contribution in [-0.4, -0.2) is 39.4 Å². The minimum atomic E-state index is -0.120. The molecule has 33 heavy (non-hydrogen) atoms. The van der Waals surface area contributed by atoms with E-state index in [2.05, 4.69) is 25.6 Å². The van der Waals surface area contributed by atoms with Gasteiger partial charge in [0.15, 0.2) is 11.6 Å². The molecule has 0 spiro atoms. The molecule has 1 fully saturated rings. The highest BCUT2D eigenvalue weighted by Crippen LogP contribution is 2.37. The number of halogens is 1. The van der Waals surface area contributed by atoms with Gasteiger partial charge in [0.05, 0.1) is 6.04 Å². The second-order valence-corrected chi connectivity index (χ2v) is 8.45. The SMILES string of the molecule is CNC(=O)c1ccc(-c2nnc(N3CCC[C@@H]3c3cc(-c4cccc(Cl)c4)on3)n2C)cc1. The van der Waals surface area contributed by atoms with E-state index in [4.69, 9.17) is 16.1 Å². The first-order chi connectivity index (χ1) is 16.0. The Hall–Kier alpha value is -3.65. The molecular formula is C24H23ClN6O2. The first-order valence-electron chi connectivity index (χ1n) is 10.8. The van der Waals surface area contributed by atoms with Crippen molar-refractivity contribution in [3.63, 3.8) is 0 Å². The van der Waals surface area contributed by atoms with Crippen LogP contribution in [0.15, 0.2) is 59.1 Å². The van der Waals surface area contributed by atoms with Gasteiger partial charge in [-0.25, -0.2) is 0 Å². The molecule has 2 aromatic heterocycles. The third-order valence-electron chi connectivity index (χ3n) is 5.97. The van der Waals surface area contributed by atoms with Gasteiger partial charge in [0.25, 0.3) is 5.91 Å². The molecule has 2 aromatic carbocycles. The van der Waals surface area contributed by atoms with E-state index in [9.17, 15) is 4.79 Å². The van der Waals surface area contributed by atoms with Gasteiger partial charge in [0.1, 0.15) is 5.69 Å². The molecule has 0 bridgehead atoms. The Morgan fingerprint density at radius 1 is 1.12 bits per heavy atom. The second-order valence-electron chi connectivity index (χ2n) is 8.02. The van der Waals surface area contributed by atoms with Gasteiger partial charge in [0.2, 0.25) is 5.95 Å². The van der Waals surface area contributed by atoms with Gasteiger partial charge in [-0.1, -0.05) is 41.0 Å². The normalized spacial score (nSPS) is 15.7. The number of benzene rings is 2. The summed E-state index contributed by atoms with van der Waals surface area (Å²) in [6, 6.07) is 16.9. The van der Waals surface area contributed by atoms with Gasteiger partial charge in [0, 0.05) is 48.4 Å². The fraction of sp³-hybridized carbons (Fsp3) is 0.250. The number of anilines is 1. The first kappa shape index (κ1) is 21.2. The number of carbonyl (C=O) groups excluding carboxylic acids is 1. The van der Waals surface area contributed by atoms with Gasteiger partial charge in [-0.15, -0.1) is 10.2 Å². The van der Waals surface area contributed by atoms with Gasteiger partial charge >= 0.3 is 0 Å². The zero-order chi connectivity index (χ0) is 22.9. The van der Waals surface area contributed by atoms with Crippen LogP contribution in [0.2, 0.25) is 5.02 Å². The van der Waals surface area contributed by atoms with Crippen LogP contribution >= 0.6 is 11.6 Å². The van der Waals surface area contributed by atoms with Crippen LogP contribution in [0, 0.1) is 0 Å². The van der Waals surface area contributed by atoms with Gasteiger partial charge < -0.3 is 14.7 Å². The predicted octanol–water partition coefficient (Wildman–Crippen LogP) is 4.49. The summed E-state index contributed by atoms with van der Waals surface area (Å²) >= 11 is 6.13. The predicted molar refractivity (Wildman–Crippen MR) is 126 cm³/mol. The van der Waals surface area contributed by atoms with E-state index >= 15 is 0 Å². The van der Waals surface area contributed by atoms with Crippen molar-refractivity contribution in [2.45, 2.75) is 18.9 Å². The zero-order valence-corrected chi connectivity index (χ0v) is 19.1. The van der Waals surface area contributed by atoms with Crippen molar-refractivity contribution in [1.82, 2.24) is 25.2 Å². The molecule has 0 unspecified atom stereocenters. The topological polar surface area (TPSA) is 89.1 Å². The summed E-state index contributed by atoms with van der Waals surface area (Å²) in [5.74, 6) is 2.08. The smallest absolute Gasteiger partial charge is 0.251 e. The van der Waals surface area contributed by atoms with Crippen molar-refractivity contribution in [3.8, 4) is 22.7 Å². The highest BCUT2D eigenvalue weighted by atomic mass is 35.5. The number of hydrogen-bond donors (Lipinski definition) is 1. The van der Waals surface area contributed by atoms with Crippen molar-refractivity contribution in [3.05, 3.63) is 70.9 Å². The quantitative estimate of drug-likeness (QED) is 0.470. The lowest BCUT2D eigenvalue weighted by atomic mass is 10.1. The number of hydrogen-bond acceptors (Lipinski definition) is 6. The summed E-state index contributed by atoms with van der Waals surface area (Å²) < 4.78 is 7.61. The Morgan fingerprint density at radius 2 is 1.94 bits per heavy atom. The Kier molecular flexibility index (Phi) is 5.60. The lowest BCUT2D eigenvalue weighted by Crippen LogP contribution is -2.25. The summed E-state index contributed by atoms with van der Waals surface area (Å²) in [4.78, 5) is 14.0. The Balaban J connectivity index is 1.41. The fourth-order valence-electron chi connectivity index (χ4n) is 4.27.